The van der Waals surface area contributed by atoms with Crippen LogP contribution in [-0.2, 0) is 4.79 Å². The van der Waals surface area contributed by atoms with E-state index in [9.17, 15) is 14.4 Å². The lowest BCUT2D eigenvalue weighted by Crippen LogP contribution is -2.56. The Morgan fingerprint density at radius 3 is 2.60 bits per heavy atom. The molecule has 10 nitrogen and oxygen atoms in total. The number of halogens is 1. The van der Waals surface area contributed by atoms with Crippen LogP contribution < -0.4 is 0 Å². The van der Waals surface area contributed by atoms with Gasteiger partial charge in [0.2, 0.25) is 0 Å². The zero-order valence-corrected chi connectivity index (χ0v) is 19.9. The number of aryl methyl sites for hydroxylation is 1. The Morgan fingerprint density at radius 2 is 1.91 bits per heavy atom. The molecule has 1 aliphatic heterocycles. The number of hydrogen-bond donors (Lipinski definition) is 1. The van der Waals surface area contributed by atoms with Crippen molar-refractivity contribution >= 4 is 40.2 Å². The van der Waals surface area contributed by atoms with Crippen molar-refractivity contribution in [2.45, 2.75) is 19.9 Å². The molecular weight excluding hydrogens is 470 g/mol. The van der Waals surface area contributed by atoms with Gasteiger partial charge >= 0.3 is 0 Å². The number of pyridine rings is 1. The molecule has 4 aromatic rings. The standard InChI is InChI=1S/C24H22ClN7O3/c1-14-12-30(8-9-31(14)23(34)16-6-4-3-5-7-16)24(35)22(33)17-11-26-21-18(10-19(25)28-20(17)21)32-13-27-15(2)29-32/h3-7,10-11,13-14,26H,8-9,12H2,1-2H3/t14-/m1/s1. The Bertz CT molecular complexity index is 1450. The summed E-state index contributed by atoms with van der Waals surface area (Å²) in [4.78, 5) is 53.9. The summed E-state index contributed by atoms with van der Waals surface area (Å²) in [7, 11) is 0. The lowest BCUT2D eigenvalue weighted by molar-refractivity contribution is -0.128. The fourth-order valence-corrected chi connectivity index (χ4v) is 4.50. The van der Waals surface area contributed by atoms with Crippen LogP contribution in [0.3, 0.4) is 0 Å². The van der Waals surface area contributed by atoms with E-state index in [2.05, 4.69) is 20.1 Å². The van der Waals surface area contributed by atoms with E-state index in [0.717, 1.165) is 0 Å². The van der Waals surface area contributed by atoms with Gasteiger partial charge in [0.1, 0.15) is 22.8 Å². The van der Waals surface area contributed by atoms with E-state index < -0.39 is 11.7 Å². The maximum Gasteiger partial charge on any atom is 0.295 e. The zero-order valence-electron chi connectivity index (χ0n) is 19.1. The normalized spacial score (nSPS) is 16.0. The summed E-state index contributed by atoms with van der Waals surface area (Å²) in [6, 6.07) is 10.4. The first-order valence-electron chi connectivity index (χ1n) is 11.1. The topological polar surface area (TPSA) is 117 Å². The lowest BCUT2D eigenvalue weighted by atomic mass is 10.1. The molecule has 1 atom stereocenters. The molecule has 0 spiro atoms. The molecule has 178 valence electrons. The molecule has 4 heterocycles. The predicted molar refractivity (Wildman–Crippen MR) is 129 cm³/mol. The summed E-state index contributed by atoms with van der Waals surface area (Å²) in [6.07, 6.45) is 2.99. The zero-order chi connectivity index (χ0) is 24.7. The Kier molecular flexibility index (Phi) is 5.81. The molecule has 5 rings (SSSR count). The van der Waals surface area contributed by atoms with Gasteiger partial charge in [0.15, 0.2) is 0 Å². The van der Waals surface area contributed by atoms with Crippen molar-refractivity contribution in [1.29, 1.82) is 0 Å². The molecular formula is C24H22ClN7O3. The number of H-pyrrole nitrogens is 1. The van der Waals surface area contributed by atoms with Crippen LogP contribution in [0.4, 0.5) is 0 Å². The van der Waals surface area contributed by atoms with Gasteiger partial charge in [-0.2, -0.15) is 5.10 Å². The number of nitrogens with zero attached hydrogens (tertiary/aromatic N) is 6. The van der Waals surface area contributed by atoms with Crippen LogP contribution in [-0.4, -0.2) is 77.8 Å². The summed E-state index contributed by atoms with van der Waals surface area (Å²) in [5.74, 6) is -0.864. The number of fused-ring (bicyclic) bond motifs is 1. The quantitative estimate of drug-likeness (QED) is 0.266. The van der Waals surface area contributed by atoms with Crippen molar-refractivity contribution in [2.75, 3.05) is 19.6 Å². The second kappa shape index (κ2) is 8.95. The van der Waals surface area contributed by atoms with E-state index in [0.29, 0.717) is 29.1 Å². The van der Waals surface area contributed by atoms with Crippen LogP contribution in [0.1, 0.15) is 33.5 Å². The van der Waals surface area contributed by atoms with Crippen LogP contribution in [0.5, 0.6) is 0 Å². The number of rotatable bonds is 4. The van der Waals surface area contributed by atoms with Crippen molar-refractivity contribution in [3.05, 3.63) is 71.0 Å². The fraction of sp³-hybridized carbons (Fsp3) is 0.250. The van der Waals surface area contributed by atoms with Gasteiger partial charge in [0.05, 0.1) is 16.8 Å². The number of ketones is 1. The van der Waals surface area contributed by atoms with E-state index in [1.807, 2.05) is 25.1 Å². The summed E-state index contributed by atoms with van der Waals surface area (Å²) in [6.45, 7) is 4.47. The molecule has 1 aromatic carbocycles. The molecule has 2 amide bonds. The second-order valence-corrected chi connectivity index (χ2v) is 8.81. The molecule has 1 aliphatic rings. The Morgan fingerprint density at radius 1 is 1.14 bits per heavy atom. The van der Waals surface area contributed by atoms with Crippen molar-refractivity contribution in [2.24, 2.45) is 0 Å². The van der Waals surface area contributed by atoms with Gasteiger partial charge in [0, 0.05) is 43.5 Å². The molecule has 0 unspecified atom stereocenters. The van der Waals surface area contributed by atoms with Crippen molar-refractivity contribution in [1.82, 2.24) is 34.5 Å². The highest BCUT2D eigenvalue weighted by molar-refractivity contribution is 6.45. The molecule has 35 heavy (non-hydrogen) atoms. The molecule has 0 saturated carbocycles. The highest BCUT2D eigenvalue weighted by Crippen LogP contribution is 2.26. The van der Waals surface area contributed by atoms with Crippen LogP contribution in [0.2, 0.25) is 5.15 Å². The molecule has 1 N–H and O–H groups in total. The molecule has 1 fully saturated rings. The van der Waals surface area contributed by atoms with Crippen LogP contribution in [0, 0.1) is 6.92 Å². The second-order valence-electron chi connectivity index (χ2n) is 8.42. The summed E-state index contributed by atoms with van der Waals surface area (Å²) < 4.78 is 1.53. The third kappa shape index (κ3) is 4.17. The van der Waals surface area contributed by atoms with Crippen molar-refractivity contribution in [3.63, 3.8) is 0 Å². The van der Waals surface area contributed by atoms with Gasteiger partial charge < -0.3 is 14.8 Å². The van der Waals surface area contributed by atoms with Gasteiger partial charge in [-0.25, -0.2) is 14.6 Å². The highest BCUT2D eigenvalue weighted by Gasteiger charge is 2.34. The minimum absolute atomic E-state index is 0.0946. The fourth-order valence-electron chi connectivity index (χ4n) is 4.32. The molecule has 1 saturated heterocycles. The SMILES string of the molecule is Cc1ncn(-c2cc(Cl)nc3c(C(=O)C(=O)N4CCN(C(=O)c5ccccc5)[C@H](C)C4)c[nH]c23)n1. The molecule has 0 radical (unpaired) electrons. The Balaban J connectivity index is 1.37. The van der Waals surface area contributed by atoms with Gasteiger partial charge in [-0.1, -0.05) is 29.8 Å². The van der Waals surface area contributed by atoms with Gasteiger partial charge in [-0.3, -0.25) is 14.4 Å². The largest absolute Gasteiger partial charge is 0.357 e. The number of aromatic amines is 1. The number of amides is 2. The molecule has 0 bridgehead atoms. The van der Waals surface area contributed by atoms with E-state index in [-0.39, 0.29) is 41.3 Å². The predicted octanol–water partition coefficient (Wildman–Crippen LogP) is 2.66. The summed E-state index contributed by atoms with van der Waals surface area (Å²) in [5, 5.41) is 4.45. The smallest absolute Gasteiger partial charge is 0.295 e. The van der Waals surface area contributed by atoms with E-state index >= 15 is 0 Å². The number of nitrogens with one attached hydrogen (secondary N) is 1. The van der Waals surface area contributed by atoms with Crippen LogP contribution in [0.15, 0.2) is 48.9 Å². The minimum atomic E-state index is -0.693. The first-order chi connectivity index (χ1) is 16.8. The van der Waals surface area contributed by atoms with Crippen LogP contribution in [0.25, 0.3) is 16.7 Å². The van der Waals surface area contributed by atoms with Gasteiger partial charge in [0.25, 0.3) is 17.6 Å². The maximum absolute atomic E-state index is 13.2. The number of aromatic nitrogens is 5. The number of carbonyl (C=O) groups excluding carboxylic acids is 3. The maximum atomic E-state index is 13.2. The summed E-state index contributed by atoms with van der Waals surface area (Å²) in [5.41, 5.74) is 2.08. The first kappa shape index (κ1) is 22.7. The lowest BCUT2D eigenvalue weighted by Gasteiger charge is -2.39. The number of benzene rings is 1. The monoisotopic (exact) mass is 491 g/mol. The first-order valence-corrected chi connectivity index (χ1v) is 11.5. The number of carbonyl (C=O) groups is 3. The minimum Gasteiger partial charge on any atom is -0.357 e. The highest BCUT2D eigenvalue weighted by atomic mass is 35.5. The van der Waals surface area contributed by atoms with Crippen LogP contribution >= 0.6 is 11.6 Å². The van der Waals surface area contributed by atoms with Gasteiger partial charge in [-0.05, 0) is 26.0 Å². The third-order valence-corrected chi connectivity index (χ3v) is 6.27. The van der Waals surface area contributed by atoms with E-state index in [1.165, 1.54) is 22.1 Å². The number of Topliss-reactive ketones (excluding diaryl/α,β-unsaturated/α-hetero) is 1. The third-order valence-electron chi connectivity index (χ3n) is 6.07. The number of hydrogen-bond acceptors (Lipinski definition) is 6. The van der Waals surface area contributed by atoms with E-state index in [1.54, 1.807) is 30.0 Å². The number of piperazine rings is 1. The average molecular weight is 492 g/mol. The van der Waals surface area contributed by atoms with Crippen molar-refractivity contribution < 1.29 is 14.4 Å². The molecule has 0 aliphatic carbocycles. The summed E-state index contributed by atoms with van der Waals surface area (Å²) >= 11 is 6.23. The van der Waals surface area contributed by atoms with E-state index in [4.69, 9.17) is 11.6 Å². The Hall–Kier alpha value is -4.05. The van der Waals surface area contributed by atoms with Crippen molar-refractivity contribution in [3.8, 4) is 5.69 Å². The average Bonchev–Trinajstić information content (AvgIpc) is 3.49. The molecule has 11 heteroatoms. The Labute approximate surface area is 205 Å². The molecule has 3 aromatic heterocycles. The van der Waals surface area contributed by atoms with Gasteiger partial charge in [-0.15, -0.1) is 0 Å².